The average molecular weight is 354 g/mol. The summed E-state index contributed by atoms with van der Waals surface area (Å²) in [6, 6.07) is 6.33. The second-order valence-corrected chi connectivity index (χ2v) is 5.38. The van der Waals surface area contributed by atoms with Gasteiger partial charge in [-0.05, 0) is 24.6 Å². The molecule has 1 atom stereocenters. The Morgan fingerprint density at radius 2 is 2.19 bits per heavy atom. The molecule has 1 rings (SSSR count). The number of nitrogens with zero attached hydrogens (tertiary/aromatic N) is 1. The van der Waals surface area contributed by atoms with Gasteiger partial charge in [0.25, 0.3) is 0 Å². The zero-order valence-corrected chi connectivity index (χ0v) is 13.1. The number of amides is 2. The summed E-state index contributed by atoms with van der Waals surface area (Å²) in [5.74, 6) is -1.55. The van der Waals surface area contributed by atoms with Crippen LogP contribution in [0.5, 0.6) is 0 Å². The molecule has 7 heteroatoms. The van der Waals surface area contributed by atoms with Gasteiger partial charge in [0.2, 0.25) is 0 Å². The average Bonchev–Trinajstić information content (AvgIpc) is 2.43. The van der Waals surface area contributed by atoms with Crippen LogP contribution in [0.4, 0.5) is 10.5 Å². The molecular formula is C14H16BrN3O3. The first-order valence-corrected chi connectivity index (χ1v) is 7.24. The summed E-state index contributed by atoms with van der Waals surface area (Å²) in [7, 11) is 0. The molecular weight excluding hydrogens is 338 g/mol. The van der Waals surface area contributed by atoms with E-state index in [-0.39, 0.29) is 6.54 Å². The van der Waals surface area contributed by atoms with Crippen molar-refractivity contribution in [1.29, 1.82) is 5.26 Å². The molecule has 0 spiro atoms. The summed E-state index contributed by atoms with van der Waals surface area (Å²) in [6.07, 6.45) is 1.22. The molecule has 6 nitrogen and oxygen atoms in total. The number of urea groups is 1. The molecule has 0 heterocycles. The van der Waals surface area contributed by atoms with Crippen LogP contribution in [-0.2, 0) is 4.79 Å². The maximum atomic E-state index is 11.8. The van der Waals surface area contributed by atoms with E-state index in [1.54, 1.807) is 18.2 Å². The van der Waals surface area contributed by atoms with Gasteiger partial charge in [0.1, 0.15) is 6.07 Å². The molecule has 2 amide bonds. The molecule has 0 saturated heterocycles. The maximum Gasteiger partial charge on any atom is 0.319 e. The topological polar surface area (TPSA) is 102 Å². The molecule has 0 aliphatic carbocycles. The number of halogens is 1. The number of carbonyl (C=O) groups excluding carboxylic acids is 1. The Morgan fingerprint density at radius 1 is 1.48 bits per heavy atom. The smallest absolute Gasteiger partial charge is 0.319 e. The monoisotopic (exact) mass is 353 g/mol. The van der Waals surface area contributed by atoms with Crippen LogP contribution in [0.1, 0.15) is 25.3 Å². The minimum atomic E-state index is -0.933. The summed E-state index contributed by atoms with van der Waals surface area (Å²) < 4.78 is 0.728. The van der Waals surface area contributed by atoms with Crippen LogP contribution in [0.15, 0.2) is 22.7 Å². The van der Waals surface area contributed by atoms with Crippen molar-refractivity contribution in [2.24, 2.45) is 5.92 Å². The van der Waals surface area contributed by atoms with Gasteiger partial charge in [0.15, 0.2) is 0 Å². The lowest BCUT2D eigenvalue weighted by atomic mass is 10.0. The van der Waals surface area contributed by atoms with Gasteiger partial charge in [-0.1, -0.05) is 29.3 Å². The molecule has 0 fully saturated rings. The summed E-state index contributed by atoms with van der Waals surface area (Å²) in [6.45, 7) is 1.93. The lowest BCUT2D eigenvalue weighted by molar-refractivity contribution is -0.141. The minimum absolute atomic E-state index is 0.0465. The molecule has 3 N–H and O–H groups in total. The normalized spacial score (nSPS) is 11.3. The highest BCUT2D eigenvalue weighted by Gasteiger charge is 2.17. The quantitative estimate of drug-likeness (QED) is 0.731. The second-order valence-electron chi connectivity index (χ2n) is 4.46. The van der Waals surface area contributed by atoms with Crippen molar-refractivity contribution in [1.82, 2.24) is 5.32 Å². The van der Waals surface area contributed by atoms with Crippen molar-refractivity contribution in [3.8, 4) is 6.07 Å². The van der Waals surface area contributed by atoms with E-state index in [4.69, 9.17) is 10.4 Å². The predicted molar refractivity (Wildman–Crippen MR) is 81.9 cm³/mol. The molecule has 1 unspecified atom stereocenters. The molecule has 1 aromatic carbocycles. The van der Waals surface area contributed by atoms with Gasteiger partial charge in [-0.25, -0.2) is 4.79 Å². The second kappa shape index (κ2) is 8.27. The van der Waals surface area contributed by atoms with E-state index in [0.29, 0.717) is 17.7 Å². The number of carbonyl (C=O) groups is 2. The highest BCUT2D eigenvalue weighted by Crippen LogP contribution is 2.20. The van der Waals surface area contributed by atoms with E-state index in [2.05, 4.69) is 26.6 Å². The van der Waals surface area contributed by atoms with Crippen molar-refractivity contribution in [2.75, 3.05) is 11.9 Å². The number of carboxylic acids is 1. The van der Waals surface area contributed by atoms with Crippen molar-refractivity contribution in [3.05, 3.63) is 28.2 Å². The number of nitrogens with one attached hydrogen (secondary N) is 2. The van der Waals surface area contributed by atoms with Crippen LogP contribution in [0, 0.1) is 17.2 Å². The molecule has 112 valence electrons. The summed E-state index contributed by atoms with van der Waals surface area (Å²) >= 11 is 3.26. The molecule has 0 saturated carbocycles. The van der Waals surface area contributed by atoms with E-state index < -0.39 is 17.9 Å². The van der Waals surface area contributed by atoms with Gasteiger partial charge in [0.05, 0.1) is 17.2 Å². The fourth-order valence-corrected chi connectivity index (χ4v) is 2.12. The van der Waals surface area contributed by atoms with Gasteiger partial charge in [-0.2, -0.15) is 5.26 Å². The number of nitriles is 1. The van der Waals surface area contributed by atoms with Gasteiger partial charge in [0, 0.05) is 11.0 Å². The lowest BCUT2D eigenvalue weighted by Crippen LogP contribution is -2.35. The number of aliphatic carboxylic acids is 1. The van der Waals surface area contributed by atoms with Crippen LogP contribution in [0.2, 0.25) is 0 Å². The van der Waals surface area contributed by atoms with Crippen molar-refractivity contribution in [3.63, 3.8) is 0 Å². The van der Waals surface area contributed by atoms with Crippen molar-refractivity contribution in [2.45, 2.75) is 19.8 Å². The third kappa shape index (κ3) is 5.44. The van der Waals surface area contributed by atoms with Gasteiger partial charge in [-0.3, -0.25) is 4.79 Å². The third-order valence-electron chi connectivity index (χ3n) is 2.85. The standard InChI is InChI=1S/C14H16BrN3O3/c1-2-3-10(13(19)20)8-17-14(21)18-12-6-11(15)5-4-9(12)7-16/h4-6,10H,2-3,8H2,1H3,(H,19,20)(H2,17,18,21). The van der Waals surface area contributed by atoms with Crippen LogP contribution in [0.3, 0.4) is 0 Å². The van der Waals surface area contributed by atoms with Crippen LogP contribution in [0.25, 0.3) is 0 Å². The number of rotatable bonds is 6. The predicted octanol–water partition coefficient (Wildman–Crippen LogP) is 2.94. The first-order valence-electron chi connectivity index (χ1n) is 6.45. The van der Waals surface area contributed by atoms with Crippen molar-refractivity contribution < 1.29 is 14.7 Å². The first-order chi connectivity index (χ1) is 9.97. The third-order valence-corrected chi connectivity index (χ3v) is 3.34. The maximum absolute atomic E-state index is 11.8. The lowest BCUT2D eigenvalue weighted by Gasteiger charge is -2.13. The fraction of sp³-hybridized carbons (Fsp3) is 0.357. The van der Waals surface area contributed by atoms with Crippen LogP contribution in [-0.4, -0.2) is 23.7 Å². The number of hydrogen-bond acceptors (Lipinski definition) is 3. The SMILES string of the molecule is CCCC(CNC(=O)Nc1cc(Br)ccc1C#N)C(=O)O. The summed E-state index contributed by atoms with van der Waals surface area (Å²) in [5, 5.41) is 23.0. The summed E-state index contributed by atoms with van der Waals surface area (Å²) in [5.41, 5.74) is 0.698. The zero-order valence-electron chi connectivity index (χ0n) is 11.5. The zero-order chi connectivity index (χ0) is 15.8. The van der Waals surface area contributed by atoms with Crippen LogP contribution < -0.4 is 10.6 Å². The molecule has 21 heavy (non-hydrogen) atoms. The number of carboxylic acid groups (broad SMARTS) is 1. The number of anilines is 1. The van der Waals surface area contributed by atoms with E-state index in [0.717, 1.165) is 10.9 Å². The van der Waals surface area contributed by atoms with Crippen LogP contribution >= 0.6 is 15.9 Å². The Bertz CT molecular complexity index is 569. The Balaban J connectivity index is 2.64. The molecule has 0 radical (unpaired) electrons. The Labute approximate surface area is 131 Å². The largest absolute Gasteiger partial charge is 0.481 e. The van der Waals surface area contributed by atoms with E-state index in [1.807, 2.05) is 13.0 Å². The number of benzene rings is 1. The minimum Gasteiger partial charge on any atom is -0.481 e. The van der Waals surface area contributed by atoms with Gasteiger partial charge >= 0.3 is 12.0 Å². The molecule has 0 bridgehead atoms. The molecule has 0 aliphatic heterocycles. The van der Waals surface area contributed by atoms with E-state index >= 15 is 0 Å². The molecule has 0 aromatic heterocycles. The molecule has 1 aromatic rings. The first kappa shape index (κ1) is 17.0. The summed E-state index contributed by atoms with van der Waals surface area (Å²) in [4.78, 5) is 22.8. The van der Waals surface area contributed by atoms with E-state index in [9.17, 15) is 9.59 Å². The highest BCUT2D eigenvalue weighted by atomic mass is 79.9. The number of hydrogen-bond donors (Lipinski definition) is 3. The van der Waals surface area contributed by atoms with Gasteiger partial charge in [-0.15, -0.1) is 0 Å². The van der Waals surface area contributed by atoms with E-state index in [1.165, 1.54) is 0 Å². The van der Waals surface area contributed by atoms with Gasteiger partial charge < -0.3 is 15.7 Å². The van der Waals surface area contributed by atoms with Crippen molar-refractivity contribution >= 4 is 33.6 Å². The fourth-order valence-electron chi connectivity index (χ4n) is 1.76. The Morgan fingerprint density at radius 3 is 2.76 bits per heavy atom. The Hall–Kier alpha value is -2.07. The molecule has 0 aliphatic rings. The Kier molecular flexibility index (Phi) is 6.69. The highest BCUT2D eigenvalue weighted by molar-refractivity contribution is 9.10.